The molecular formula is C24H32N2O5. The first-order valence-electron chi connectivity index (χ1n) is 10.6. The third-order valence-corrected chi connectivity index (χ3v) is 4.51. The van der Waals surface area contributed by atoms with Gasteiger partial charge in [-0.3, -0.25) is 9.59 Å². The van der Waals surface area contributed by atoms with Crippen LogP contribution in [0.1, 0.15) is 42.6 Å². The molecule has 0 aliphatic heterocycles. The lowest BCUT2D eigenvalue weighted by Crippen LogP contribution is -2.26. The summed E-state index contributed by atoms with van der Waals surface area (Å²) >= 11 is 0. The lowest BCUT2D eigenvalue weighted by atomic mass is 10.1. The molecule has 0 spiro atoms. The highest BCUT2D eigenvalue weighted by Crippen LogP contribution is 2.29. The molecular weight excluding hydrogens is 396 g/mol. The maximum Gasteiger partial charge on any atom is 0.253 e. The van der Waals surface area contributed by atoms with Crippen molar-refractivity contribution in [2.24, 2.45) is 0 Å². The van der Waals surface area contributed by atoms with Gasteiger partial charge in [0, 0.05) is 26.7 Å². The van der Waals surface area contributed by atoms with Gasteiger partial charge in [-0.15, -0.1) is 0 Å². The van der Waals surface area contributed by atoms with Crippen LogP contribution in [0.3, 0.4) is 0 Å². The number of benzene rings is 2. The largest absolute Gasteiger partial charge is 0.490 e. The van der Waals surface area contributed by atoms with Gasteiger partial charge in [0.1, 0.15) is 0 Å². The Morgan fingerprint density at radius 1 is 0.968 bits per heavy atom. The molecule has 0 atom stereocenters. The van der Waals surface area contributed by atoms with Crippen LogP contribution in [0.5, 0.6) is 11.5 Å². The molecule has 0 aromatic heterocycles. The molecule has 0 fully saturated rings. The number of anilines is 1. The summed E-state index contributed by atoms with van der Waals surface area (Å²) in [6.45, 7) is 6.02. The molecule has 7 nitrogen and oxygen atoms in total. The van der Waals surface area contributed by atoms with Gasteiger partial charge in [-0.2, -0.15) is 0 Å². The van der Waals surface area contributed by atoms with Crippen LogP contribution in [-0.4, -0.2) is 45.3 Å². The third kappa shape index (κ3) is 7.94. The second-order valence-corrected chi connectivity index (χ2v) is 6.84. The maximum absolute atomic E-state index is 12.5. The van der Waals surface area contributed by atoms with Gasteiger partial charge < -0.3 is 24.8 Å². The van der Waals surface area contributed by atoms with Crippen LogP contribution in [0.2, 0.25) is 0 Å². The molecule has 31 heavy (non-hydrogen) atoms. The number of methoxy groups -OCH3 is 1. The van der Waals surface area contributed by atoms with Crippen molar-refractivity contribution in [2.45, 2.75) is 33.1 Å². The number of ether oxygens (including phenoxy) is 3. The maximum atomic E-state index is 12.5. The Morgan fingerprint density at radius 2 is 1.71 bits per heavy atom. The number of carbonyl (C=O) groups is 2. The second-order valence-electron chi connectivity index (χ2n) is 6.84. The molecule has 0 heterocycles. The quantitative estimate of drug-likeness (QED) is 0.474. The van der Waals surface area contributed by atoms with Gasteiger partial charge in [0.25, 0.3) is 5.91 Å². The monoisotopic (exact) mass is 428 g/mol. The van der Waals surface area contributed by atoms with Crippen molar-refractivity contribution in [2.75, 3.05) is 38.8 Å². The number of aryl methyl sites for hydroxylation is 1. The van der Waals surface area contributed by atoms with E-state index in [4.69, 9.17) is 14.2 Å². The topological polar surface area (TPSA) is 85.9 Å². The van der Waals surface area contributed by atoms with E-state index < -0.39 is 0 Å². The van der Waals surface area contributed by atoms with Crippen LogP contribution < -0.4 is 20.1 Å². The average molecular weight is 429 g/mol. The SMILES string of the molecule is CCOc1ccc(CCC(=O)Nc2ccccc2C(=O)NCCCOC)cc1OCC. The van der Waals surface area contributed by atoms with E-state index in [0.29, 0.717) is 55.5 Å². The zero-order valence-electron chi connectivity index (χ0n) is 18.5. The molecule has 168 valence electrons. The third-order valence-electron chi connectivity index (χ3n) is 4.51. The van der Waals surface area contributed by atoms with E-state index in [-0.39, 0.29) is 18.2 Å². The predicted molar refractivity (Wildman–Crippen MR) is 121 cm³/mol. The van der Waals surface area contributed by atoms with E-state index in [9.17, 15) is 9.59 Å². The van der Waals surface area contributed by atoms with Crippen molar-refractivity contribution < 1.29 is 23.8 Å². The summed E-state index contributed by atoms with van der Waals surface area (Å²) in [6, 6.07) is 12.7. The first kappa shape index (κ1) is 24.2. The summed E-state index contributed by atoms with van der Waals surface area (Å²) in [5.74, 6) is 0.993. The first-order chi connectivity index (χ1) is 15.1. The van der Waals surface area contributed by atoms with Gasteiger partial charge in [-0.1, -0.05) is 18.2 Å². The Balaban J connectivity index is 1.96. The minimum atomic E-state index is -0.222. The van der Waals surface area contributed by atoms with E-state index in [2.05, 4.69) is 10.6 Å². The molecule has 0 aliphatic carbocycles. The number of hydrogen-bond donors (Lipinski definition) is 2. The molecule has 0 aliphatic rings. The molecule has 2 amide bonds. The summed E-state index contributed by atoms with van der Waals surface area (Å²) in [6.07, 6.45) is 1.55. The van der Waals surface area contributed by atoms with E-state index in [1.165, 1.54) is 0 Å². The number of nitrogens with one attached hydrogen (secondary N) is 2. The fourth-order valence-electron chi connectivity index (χ4n) is 3.03. The van der Waals surface area contributed by atoms with Crippen molar-refractivity contribution in [3.05, 3.63) is 53.6 Å². The van der Waals surface area contributed by atoms with Crippen LogP contribution in [0.25, 0.3) is 0 Å². The van der Waals surface area contributed by atoms with Crippen LogP contribution in [0, 0.1) is 0 Å². The molecule has 0 saturated heterocycles. The van der Waals surface area contributed by atoms with Gasteiger partial charge in [0.15, 0.2) is 11.5 Å². The summed E-state index contributed by atoms with van der Waals surface area (Å²) in [4.78, 5) is 25.0. The molecule has 7 heteroatoms. The first-order valence-corrected chi connectivity index (χ1v) is 10.6. The van der Waals surface area contributed by atoms with Crippen molar-refractivity contribution in [3.8, 4) is 11.5 Å². The normalized spacial score (nSPS) is 10.4. The Kier molecular flexibility index (Phi) is 10.4. The molecule has 2 aromatic rings. The fraction of sp³-hybridized carbons (Fsp3) is 0.417. The van der Waals surface area contributed by atoms with Gasteiger partial charge in [-0.25, -0.2) is 0 Å². The van der Waals surface area contributed by atoms with Gasteiger partial charge >= 0.3 is 0 Å². The van der Waals surface area contributed by atoms with Crippen LogP contribution in [0.15, 0.2) is 42.5 Å². The highest BCUT2D eigenvalue weighted by molar-refractivity contribution is 6.03. The zero-order valence-corrected chi connectivity index (χ0v) is 18.5. The van der Waals surface area contributed by atoms with E-state index in [1.807, 2.05) is 32.0 Å². The van der Waals surface area contributed by atoms with Crippen molar-refractivity contribution in [1.29, 1.82) is 0 Å². The highest BCUT2D eigenvalue weighted by Gasteiger charge is 2.13. The highest BCUT2D eigenvalue weighted by atomic mass is 16.5. The second kappa shape index (κ2) is 13.3. The molecule has 0 radical (unpaired) electrons. The van der Waals surface area contributed by atoms with Gasteiger partial charge in [-0.05, 0) is 56.5 Å². The van der Waals surface area contributed by atoms with Crippen molar-refractivity contribution in [1.82, 2.24) is 5.32 Å². The lowest BCUT2D eigenvalue weighted by molar-refractivity contribution is -0.116. The molecule has 2 rings (SSSR count). The summed E-state index contributed by atoms with van der Waals surface area (Å²) in [5.41, 5.74) is 1.91. The van der Waals surface area contributed by atoms with E-state index in [0.717, 1.165) is 12.0 Å². The Labute approximate surface area is 184 Å². The van der Waals surface area contributed by atoms with Crippen molar-refractivity contribution in [3.63, 3.8) is 0 Å². The average Bonchev–Trinajstić information content (AvgIpc) is 2.77. The molecule has 0 saturated carbocycles. The Hall–Kier alpha value is -3.06. The van der Waals surface area contributed by atoms with Crippen LogP contribution in [0.4, 0.5) is 5.69 Å². The molecule has 2 aromatic carbocycles. The number of hydrogen-bond acceptors (Lipinski definition) is 5. The minimum Gasteiger partial charge on any atom is -0.490 e. The minimum absolute atomic E-state index is 0.161. The summed E-state index contributed by atoms with van der Waals surface area (Å²) in [5, 5.41) is 5.70. The van der Waals surface area contributed by atoms with E-state index >= 15 is 0 Å². The Morgan fingerprint density at radius 3 is 2.45 bits per heavy atom. The fourth-order valence-corrected chi connectivity index (χ4v) is 3.03. The predicted octanol–water partition coefficient (Wildman–Crippen LogP) is 3.82. The Bertz CT molecular complexity index is 854. The number of carbonyl (C=O) groups excluding carboxylic acids is 2. The molecule has 0 bridgehead atoms. The molecule has 2 N–H and O–H groups in total. The smallest absolute Gasteiger partial charge is 0.253 e. The standard InChI is InChI=1S/C24H32N2O5/c1-4-30-21-13-11-18(17-22(21)31-5-2)12-14-23(27)26-20-10-7-6-9-19(20)24(28)25-15-8-16-29-3/h6-7,9-11,13,17H,4-5,8,12,14-16H2,1-3H3,(H,25,28)(H,26,27). The molecule has 0 unspecified atom stereocenters. The zero-order chi connectivity index (χ0) is 22.5. The number of para-hydroxylation sites is 1. The summed E-state index contributed by atoms with van der Waals surface area (Å²) < 4.78 is 16.2. The number of amides is 2. The van der Waals surface area contributed by atoms with Gasteiger partial charge in [0.2, 0.25) is 5.91 Å². The number of rotatable bonds is 13. The van der Waals surface area contributed by atoms with Gasteiger partial charge in [0.05, 0.1) is 24.5 Å². The van der Waals surface area contributed by atoms with E-state index in [1.54, 1.807) is 31.4 Å². The van der Waals surface area contributed by atoms with Crippen LogP contribution in [-0.2, 0) is 16.0 Å². The lowest BCUT2D eigenvalue weighted by Gasteiger charge is -2.13. The summed E-state index contributed by atoms with van der Waals surface area (Å²) in [7, 11) is 1.62. The van der Waals surface area contributed by atoms with Crippen molar-refractivity contribution >= 4 is 17.5 Å². The van der Waals surface area contributed by atoms with Crippen LogP contribution >= 0.6 is 0 Å².